The van der Waals surface area contributed by atoms with Gasteiger partial charge in [0.25, 0.3) is 0 Å². The number of nitrogens with zero attached hydrogens (tertiary/aromatic N) is 1. The largest absolute Gasteiger partial charge is 0.487 e. The summed E-state index contributed by atoms with van der Waals surface area (Å²) in [6.45, 7) is 0.335. The van der Waals surface area contributed by atoms with Crippen molar-refractivity contribution in [1.29, 1.82) is 5.26 Å². The first-order chi connectivity index (χ1) is 15.9. The minimum Gasteiger partial charge on any atom is -0.487 e. The van der Waals surface area contributed by atoms with E-state index in [2.05, 4.69) is 6.07 Å². The third kappa shape index (κ3) is 4.00. The van der Waals surface area contributed by atoms with Crippen LogP contribution in [0.2, 0.25) is 15.1 Å². The lowest BCUT2D eigenvalue weighted by atomic mass is 9.83. The minimum absolute atomic E-state index is 0.0303. The quantitative estimate of drug-likeness (QED) is 0.460. The summed E-state index contributed by atoms with van der Waals surface area (Å²) < 4.78 is 22.5. The molecule has 2 aliphatic heterocycles. The maximum absolute atomic E-state index is 9.79. The highest BCUT2D eigenvalue weighted by Gasteiger charge is 2.33. The van der Waals surface area contributed by atoms with Gasteiger partial charge in [-0.3, -0.25) is 0 Å². The fourth-order valence-corrected chi connectivity index (χ4v) is 4.50. The van der Waals surface area contributed by atoms with Crippen molar-refractivity contribution in [2.75, 3.05) is 6.79 Å². The van der Waals surface area contributed by atoms with Gasteiger partial charge in [0, 0.05) is 27.2 Å². The topological polar surface area (TPSA) is 86.7 Å². The van der Waals surface area contributed by atoms with Crippen LogP contribution in [0.1, 0.15) is 22.6 Å². The second-order valence-corrected chi connectivity index (χ2v) is 8.63. The fraction of sp³-hybridized carbons (Fsp3) is 0.125. The highest BCUT2D eigenvalue weighted by atomic mass is 35.5. The summed E-state index contributed by atoms with van der Waals surface area (Å²) in [6, 6.07) is 16.2. The molecule has 0 bridgehead atoms. The highest BCUT2D eigenvalue weighted by Crippen LogP contribution is 2.48. The van der Waals surface area contributed by atoms with E-state index in [1.807, 2.05) is 6.07 Å². The van der Waals surface area contributed by atoms with Gasteiger partial charge in [0.2, 0.25) is 12.7 Å². The summed E-state index contributed by atoms with van der Waals surface area (Å²) in [5, 5.41) is 11.2. The monoisotopic (exact) mass is 500 g/mol. The number of fused-ring (bicyclic) bond motifs is 2. The molecule has 5 rings (SSSR count). The van der Waals surface area contributed by atoms with Gasteiger partial charge in [0.05, 0.1) is 10.9 Å². The van der Waals surface area contributed by atoms with Crippen LogP contribution in [0.15, 0.2) is 60.0 Å². The lowest BCUT2D eigenvalue weighted by Gasteiger charge is -2.27. The number of benzene rings is 3. The molecule has 3 aromatic carbocycles. The van der Waals surface area contributed by atoms with Crippen LogP contribution in [0, 0.1) is 11.3 Å². The lowest BCUT2D eigenvalue weighted by molar-refractivity contribution is 0.174. The molecule has 0 spiro atoms. The number of rotatable bonds is 4. The van der Waals surface area contributed by atoms with Crippen molar-refractivity contribution in [3.05, 3.63) is 91.7 Å². The Morgan fingerprint density at radius 1 is 0.970 bits per heavy atom. The number of allylic oxidation sites excluding steroid dienone is 1. The number of hydrogen-bond donors (Lipinski definition) is 1. The molecule has 0 aliphatic carbocycles. The SMILES string of the molecule is N#CC1=C(N)Oc2cc3c(cc2[C@H]1c1ccc(OCc2ccc(Cl)cc2Cl)c(Cl)c1)OCO3. The van der Waals surface area contributed by atoms with Crippen molar-refractivity contribution >= 4 is 34.8 Å². The van der Waals surface area contributed by atoms with E-state index in [1.165, 1.54) is 0 Å². The van der Waals surface area contributed by atoms with Crippen molar-refractivity contribution in [2.24, 2.45) is 5.73 Å². The zero-order chi connectivity index (χ0) is 23.1. The Kier molecular flexibility index (Phi) is 5.63. The second-order valence-electron chi connectivity index (χ2n) is 7.38. The molecular weight excluding hydrogens is 487 g/mol. The van der Waals surface area contributed by atoms with Crippen molar-refractivity contribution in [3.63, 3.8) is 0 Å². The van der Waals surface area contributed by atoms with Crippen molar-refractivity contribution in [3.8, 4) is 29.1 Å². The molecule has 33 heavy (non-hydrogen) atoms. The van der Waals surface area contributed by atoms with E-state index in [9.17, 15) is 5.26 Å². The van der Waals surface area contributed by atoms with E-state index in [0.29, 0.717) is 38.1 Å². The Balaban J connectivity index is 1.48. The van der Waals surface area contributed by atoms with Gasteiger partial charge in [-0.1, -0.05) is 46.9 Å². The smallest absolute Gasteiger partial charge is 0.231 e. The van der Waals surface area contributed by atoms with Gasteiger partial charge in [0.15, 0.2) is 11.5 Å². The number of halogens is 3. The van der Waals surface area contributed by atoms with Crippen LogP contribution in [0.3, 0.4) is 0 Å². The molecule has 0 radical (unpaired) electrons. The molecule has 3 aromatic rings. The zero-order valence-electron chi connectivity index (χ0n) is 16.9. The van der Waals surface area contributed by atoms with Gasteiger partial charge in [-0.05, 0) is 35.9 Å². The van der Waals surface area contributed by atoms with Crippen molar-refractivity contribution < 1.29 is 18.9 Å². The van der Waals surface area contributed by atoms with Gasteiger partial charge in [-0.15, -0.1) is 0 Å². The Morgan fingerprint density at radius 3 is 2.48 bits per heavy atom. The molecule has 0 saturated carbocycles. The predicted molar refractivity (Wildman–Crippen MR) is 124 cm³/mol. The van der Waals surface area contributed by atoms with Gasteiger partial charge in [-0.2, -0.15) is 5.26 Å². The molecule has 2 N–H and O–H groups in total. The summed E-state index contributed by atoms with van der Waals surface area (Å²) in [7, 11) is 0. The fourth-order valence-electron chi connectivity index (χ4n) is 3.80. The maximum atomic E-state index is 9.79. The Labute approximate surface area is 204 Å². The average Bonchev–Trinajstić information content (AvgIpc) is 3.24. The molecule has 0 fully saturated rings. The van der Waals surface area contributed by atoms with E-state index >= 15 is 0 Å². The minimum atomic E-state index is -0.495. The normalized spacial score (nSPS) is 16.1. The van der Waals surface area contributed by atoms with Crippen molar-refractivity contribution in [2.45, 2.75) is 12.5 Å². The van der Waals surface area contributed by atoms with E-state index in [4.69, 9.17) is 59.5 Å². The Bertz CT molecular complexity index is 1350. The molecule has 0 saturated heterocycles. The van der Waals surface area contributed by atoms with Gasteiger partial charge < -0.3 is 24.7 Å². The average molecular weight is 502 g/mol. The van der Waals surface area contributed by atoms with Crippen LogP contribution in [0.4, 0.5) is 0 Å². The lowest BCUT2D eigenvalue weighted by Crippen LogP contribution is -2.21. The van der Waals surface area contributed by atoms with Crippen molar-refractivity contribution in [1.82, 2.24) is 0 Å². The predicted octanol–water partition coefficient (Wildman–Crippen LogP) is 6.17. The second kappa shape index (κ2) is 8.60. The molecule has 0 amide bonds. The first-order valence-electron chi connectivity index (χ1n) is 9.82. The maximum Gasteiger partial charge on any atom is 0.231 e. The summed E-state index contributed by atoms with van der Waals surface area (Å²) in [4.78, 5) is 0. The first kappa shape index (κ1) is 21.6. The van der Waals surface area contributed by atoms with E-state index in [-0.39, 0.29) is 24.9 Å². The summed E-state index contributed by atoms with van der Waals surface area (Å²) in [6.07, 6.45) is 0. The molecule has 1 atom stereocenters. The van der Waals surface area contributed by atoms with Crippen LogP contribution in [0.25, 0.3) is 0 Å². The standard InChI is InChI=1S/C24H15Cl3N2O4/c25-14-3-1-13(17(26)6-14)10-30-19-4-2-12(5-18(19)27)23-15-7-21-22(32-11-31-21)8-20(15)33-24(29)16(23)9-28/h1-8,23H,10-11,29H2/t23-/m1/s1. The highest BCUT2D eigenvalue weighted by molar-refractivity contribution is 6.35. The summed E-state index contributed by atoms with van der Waals surface area (Å²) in [5.41, 5.74) is 8.59. The number of hydrogen-bond acceptors (Lipinski definition) is 6. The third-order valence-electron chi connectivity index (χ3n) is 5.40. The molecule has 6 nitrogen and oxygen atoms in total. The number of ether oxygens (including phenoxy) is 4. The zero-order valence-corrected chi connectivity index (χ0v) is 19.2. The number of nitrogens with two attached hydrogens (primary N) is 1. The molecule has 9 heteroatoms. The van der Waals surface area contributed by atoms with Gasteiger partial charge in [0.1, 0.15) is 29.7 Å². The van der Waals surface area contributed by atoms with Crippen LogP contribution in [-0.4, -0.2) is 6.79 Å². The molecule has 0 aromatic heterocycles. The Morgan fingerprint density at radius 2 is 1.76 bits per heavy atom. The van der Waals surface area contributed by atoms with Crippen LogP contribution in [0.5, 0.6) is 23.0 Å². The molecule has 166 valence electrons. The van der Waals surface area contributed by atoms with E-state index in [1.54, 1.807) is 42.5 Å². The summed E-state index contributed by atoms with van der Waals surface area (Å²) in [5.74, 6) is 1.64. The first-order valence-corrected chi connectivity index (χ1v) is 11.0. The van der Waals surface area contributed by atoms with E-state index < -0.39 is 5.92 Å². The third-order valence-corrected chi connectivity index (χ3v) is 6.28. The molecule has 0 unspecified atom stereocenters. The number of nitriles is 1. The summed E-state index contributed by atoms with van der Waals surface area (Å²) >= 11 is 18.7. The van der Waals surface area contributed by atoms with Gasteiger partial charge in [-0.25, -0.2) is 0 Å². The van der Waals surface area contributed by atoms with Crippen LogP contribution < -0.4 is 24.7 Å². The molecular formula is C24H15Cl3N2O4. The molecule has 2 aliphatic rings. The van der Waals surface area contributed by atoms with Crippen LogP contribution in [-0.2, 0) is 6.61 Å². The van der Waals surface area contributed by atoms with Gasteiger partial charge >= 0.3 is 0 Å². The van der Waals surface area contributed by atoms with Crippen LogP contribution >= 0.6 is 34.8 Å². The van der Waals surface area contributed by atoms with E-state index in [0.717, 1.165) is 16.7 Å². The molecule has 2 heterocycles. The Hall–Kier alpha value is -3.24.